The molecule has 1 aromatic carbocycles. The van der Waals surface area contributed by atoms with E-state index in [4.69, 9.17) is 5.73 Å². The monoisotopic (exact) mass is 267 g/mol. The molecule has 80 valence electrons. The maximum absolute atomic E-state index is 5.78. The summed E-state index contributed by atoms with van der Waals surface area (Å²) in [7, 11) is 0. The molecule has 3 nitrogen and oxygen atoms in total. The van der Waals surface area contributed by atoms with Gasteiger partial charge in [-0.05, 0) is 43.5 Å². The highest BCUT2D eigenvalue weighted by Gasteiger charge is 2.20. The van der Waals surface area contributed by atoms with Gasteiger partial charge in [0.15, 0.2) is 5.96 Å². The van der Waals surface area contributed by atoms with Crippen LogP contribution in [0.5, 0.6) is 0 Å². The minimum Gasteiger partial charge on any atom is -0.370 e. The van der Waals surface area contributed by atoms with Crippen molar-refractivity contribution in [3.63, 3.8) is 0 Å². The van der Waals surface area contributed by atoms with Crippen molar-refractivity contribution < 1.29 is 0 Å². The fourth-order valence-corrected chi connectivity index (χ4v) is 1.81. The van der Waals surface area contributed by atoms with E-state index in [2.05, 4.69) is 26.2 Å². The fourth-order valence-electron chi connectivity index (χ4n) is 1.34. The molecule has 1 fully saturated rings. The van der Waals surface area contributed by atoms with Gasteiger partial charge in [-0.3, -0.25) is 0 Å². The number of hydrogen-bond acceptors (Lipinski definition) is 1. The molecule has 0 atom stereocenters. The molecule has 0 aliphatic heterocycles. The molecule has 0 saturated heterocycles. The number of nitrogens with one attached hydrogen (secondary N) is 1. The largest absolute Gasteiger partial charge is 0.370 e. The van der Waals surface area contributed by atoms with E-state index in [-0.39, 0.29) is 0 Å². The van der Waals surface area contributed by atoms with E-state index in [1.807, 2.05) is 25.1 Å². The summed E-state index contributed by atoms with van der Waals surface area (Å²) in [4.78, 5) is 4.32. The molecule has 1 saturated carbocycles. The highest BCUT2D eigenvalue weighted by atomic mass is 79.9. The summed E-state index contributed by atoms with van der Waals surface area (Å²) in [6, 6.07) is 6.48. The Labute approximate surface area is 97.9 Å². The average Bonchev–Trinajstić information content (AvgIpc) is 2.94. The lowest BCUT2D eigenvalue weighted by molar-refractivity contribution is 1.06. The van der Waals surface area contributed by atoms with Crippen molar-refractivity contribution >= 4 is 27.6 Å². The van der Waals surface area contributed by atoms with Crippen LogP contribution < -0.4 is 11.1 Å². The smallest absolute Gasteiger partial charge is 0.193 e. The summed E-state index contributed by atoms with van der Waals surface area (Å²) < 4.78 is 1.07. The van der Waals surface area contributed by atoms with Crippen LogP contribution >= 0.6 is 15.9 Å². The van der Waals surface area contributed by atoms with Gasteiger partial charge in [0.25, 0.3) is 0 Å². The van der Waals surface area contributed by atoms with Crippen LogP contribution in [-0.2, 0) is 0 Å². The highest BCUT2D eigenvalue weighted by Crippen LogP contribution is 2.24. The summed E-state index contributed by atoms with van der Waals surface area (Å²) in [6.45, 7) is 2.04. The van der Waals surface area contributed by atoms with Crippen LogP contribution in [0, 0.1) is 6.92 Å². The number of guanidine groups is 1. The van der Waals surface area contributed by atoms with Gasteiger partial charge in [0.2, 0.25) is 0 Å². The maximum Gasteiger partial charge on any atom is 0.193 e. The quantitative estimate of drug-likeness (QED) is 0.640. The van der Waals surface area contributed by atoms with Crippen molar-refractivity contribution in [2.24, 2.45) is 10.7 Å². The van der Waals surface area contributed by atoms with Gasteiger partial charge in [0.1, 0.15) is 0 Å². The third-order valence-electron chi connectivity index (χ3n) is 2.32. The van der Waals surface area contributed by atoms with E-state index in [0.29, 0.717) is 12.0 Å². The third-order valence-corrected chi connectivity index (χ3v) is 2.81. The number of benzene rings is 1. The van der Waals surface area contributed by atoms with Gasteiger partial charge in [-0.15, -0.1) is 0 Å². The zero-order valence-electron chi connectivity index (χ0n) is 8.63. The number of nitrogens with zero attached hydrogens (tertiary/aromatic N) is 1. The van der Waals surface area contributed by atoms with Crippen LogP contribution in [0.4, 0.5) is 5.69 Å². The van der Waals surface area contributed by atoms with E-state index in [0.717, 1.165) is 15.7 Å². The van der Waals surface area contributed by atoms with Crippen LogP contribution in [0.1, 0.15) is 18.4 Å². The van der Waals surface area contributed by atoms with Crippen LogP contribution in [0.25, 0.3) is 0 Å². The first kappa shape index (κ1) is 10.5. The van der Waals surface area contributed by atoms with E-state index in [1.54, 1.807) is 0 Å². The van der Waals surface area contributed by atoms with Gasteiger partial charge in [-0.2, -0.15) is 0 Å². The molecule has 0 radical (unpaired) electrons. The molecule has 1 aliphatic carbocycles. The Bertz CT molecular complexity index is 397. The Morgan fingerprint density at radius 2 is 2.27 bits per heavy atom. The van der Waals surface area contributed by atoms with Crippen molar-refractivity contribution in [1.29, 1.82) is 0 Å². The maximum atomic E-state index is 5.78. The SMILES string of the molecule is Cc1cc(Br)ccc1NC(N)=NC1CC1. The summed E-state index contributed by atoms with van der Waals surface area (Å²) in [5, 5.41) is 3.12. The van der Waals surface area contributed by atoms with Gasteiger partial charge in [0.05, 0.1) is 6.04 Å². The number of rotatable bonds is 2. The Kier molecular flexibility index (Phi) is 2.95. The predicted molar refractivity (Wildman–Crippen MR) is 67.1 cm³/mol. The Morgan fingerprint density at radius 3 is 2.87 bits per heavy atom. The van der Waals surface area contributed by atoms with E-state index in [9.17, 15) is 0 Å². The number of anilines is 1. The molecular weight excluding hydrogens is 254 g/mol. The molecule has 0 amide bonds. The van der Waals surface area contributed by atoms with Gasteiger partial charge in [-0.25, -0.2) is 4.99 Å². The average molecular weight is 268 g/mol. The second kappa shape index (κ2) is 4.23. The molecule has 1 aromatic rings. The third kappa shape index (κ3) is 2.96. The standard InChI is InChI=1S/C11H14BrN3/c1-7-6-8(12)2-5-10(7)15-11(13)14-9-3-4-9/h2,5-6,9H,3-4H2,1H3,(H3,13,14,15). The van der Waals surface area contributed by atoms with Crippen molar-refractivity contribution in [3.05, 3.63) is 28.2 Å². The van der Waals surface area contributed by atoms with Crippen molar-refractivity contribution in [3.8, 4) is 0 Å². The zero-order valence-corrected chi connectivity index (χ0v) is 10.2. The number of hydrogen-bond donors (Lipinski definition) is 2. The molecule has 15 heavy (non-hydrogen) atoms. The number of halogens is 1. The predicted octanol–water partition coefficient (Wildman–Crippen LogP) is 2.65. The molecule has 1 aliphatic rings. The summed E-state index contributed by atoms with van der Waals surface area (Å²) in [6.07, 6.45) is 2.34. The lowest BCUT2D eigenvalue weighted by Gasteiger charge is -2.08. The normalized spacial score (nSPS) is 16.5. The number of aliphatic imine (C=N–C) groups is 1. The molecule has 0 bridgehead atoms. The molecule has 0 aromatic heterocycles. The zero-order chi connectivity index (χ0) is 10.8. The second-order valence-corrected chi connectivity index (χ2v) is 4.75. The molecule has 2 rings (SSSR count). The van der Waals surface area contributed by atoms with Crippen molar-refractivity contribution in [2.45, 2.75) is 25.8 Å². The van der Waals surface area contributed by atoms with Crippen LogP contribution in [0.2, 0.25) is 0 Å². The van der Waals surface area contributed by atoms with Gasteiger partial charge >= 0.3 is 0 Å². The lowest BCUT2D eigenvalue weighted by Crippen LogP contribution is -2.23. The van der Waals surface area contributed by atoms with E-state index in [1.165, 1.54) is 12.8 Å². The molecule has 0 unspecified atom stereocenters. The Balaban J connectivity index is 2.09. The van der Waals surface area contributed by atoms with Gasteiger partial charge in [-0.1, -0.05) is 15.9 Å². The minimum absolute atomic E-state index is 0.452. The fraction of sp³-hybridized carbons (Fsp3) is 0.364. The van der Waals surface area contributed by atoms with Crippen LogP contribution in [0.3, 0.4) is 0 Å². The van der Waals surface area contributed by atoms with Gasteiger partial charge in [0, 0.05) is 10.2 Å². The van der Waals surface area contributed by atoms with Crippen molar-refractivity contribution in [2.75, 3.05) is 5.32 Å². The van der Waals surface area contributed by atoms with E-state index < -0.39 is 0 Å². The Hall–Kier alpha value is -1.03. The topological polar surface area (TPSA) is 50.4 Å². The minimum atomic E-state index is 0.452. The number of nitrogens with two attached hydrogens (primary N) is 1. The lowest BCUT2D eigenvalue weighted by atomic mass is 10.2. The summed E-state index contributed by atoms with van der Waals surface area (Å²) >= 11 is 3.42. The summed E-state index contributed by atoms with van der Waals surface area (Å²) in [5.74, 6) is 0.517. The molecule has 0 spiro atoms. The first-order valence-corrected chi connectivity index (χ1v) is 5.81. The molecular formula is C11H14BrN3. The van der Waals surface area contributed by atoms with E-state index >= 15 is 0 Å². The Morgan fingerprint density at radius 1 is 1.53 bits per heavy atom. The van der Waals surface area contributed by atoms with Crippen LogP contribution in [-0.4, -0.2) is 12.0 Å². The molecule has 3 N–H and O–H groups in total. The van der Waals surface area contributed by atoms with Gasteiger partial charge < -0.3 is 11.1 Å². The molecule has 4 heteroatoms. The van der Waals surface area contributed by atoms with Crippen molar-refractivity contribution in [1.82, 2.24) is 0 Å². The highest BCUT2D eigenvalue weighted by molar-refractivity contribution is 9.10. The second-order valence-electron chi connectivity index (χ2n) is 3.83. The first-order chi connectivity index (χ1) is 7.15. The summed E-state index contributed by atoms with van der Waals surface area (Å²) in [5.41, 5.74) is 7.95. The number of aryl methyl sites for hydroxylation is 1. The molecule has 0 heterocycles. The first-order valence-electron chi connectivity index (χ1n) is 5.01. The van der Waals surface area contributed by atoms with Crippen LogP contribution in [0.15, 0.2) is 27.7 Å².